The number of amides is 1. The first-order valence-electron chi connectivity index (χ1n) is 6.94. The third-order valence-corrected chi connectivity index (χ3v) is 4.49. The van der Waals surface area contributed by atoms with Crippen molar-refractivity contribution >= 4 is 5.91 Å². The minimum absolute atomic E-state index is 0.00104. The van der Waals surface area contributed by atoms with E-state index in [-0.39, 0.29) is 12.5 Å². The third kappa shape index (κ3) is 2.66. The molecule has 2 N–H and O–H groups in total. The molecule has 19 heavy (non-hydrogen) atoms. The van der Waals surface area contributed by atoms with Crippen LogP contribution in [0.1, 0.15) is 41.5 Å². The van der Waals surface area contributed by atoms with Crippen molar-refractivity contribution in [2.24, 2.45) is 5.41 Å². The molecule has 3 heteroatoms. The Labute approximate surface area is 115 Å². The van der Waals surface area contributed by atoms with Gasteiger partial charge in [0.05, 0.1) is 12.0 Å². The first-order chi connectivity index (χ1) is 8.98. The van der Waals surface area contributed by atoms with E-state index in [2.05, 4.69) is 38.2 Å². The van der Waals surface area contributed by atoms with Crippen LogP contribution in [0.25, 0.3) is 0 Å². The zero-order chi connectivity index (χ0) is 14.0. The van der Waals surface area contributed by atoms with Crippen LogP contribution in [0.3, 0.4) is 0 Å². The van der Waals surface area contributed by atoms with Crippen LogP contribution in [0.15, 0.2) is 12.1 Å². The molecule has 3 nitrogen and oxygen atoms in total. The van der Waals surface area contributed by atoms with Gasteiger partial charge in [-0.25, -0.2) is 0 Å². The second-order valence-corrected chi connectivity index (χ2v) is 5.84. The summed E-state index contributed by atoms with van der Waals surface area (Å²) in [4.78, 5) is 12.1. The number of rotatable bonds is 4. The Kier molecular flexibility index (Phi) is 3.95. The molecule has 0 spiro atoms. The van der Waals surface area contributed by atoms with Crippen molar-refractivity contribution in [1.29, 1.82) is 0 Å². The Morgan fingerprint density at radius 3 is 2.37 bits per heavy atom. The maximum Gasteiger partial charge on any atom is 0.228 e. The highest BCUT2D eigenvalue weighted by atomic mass is 16.3. The predicted molar refractivity (Wildman–Crippen MR) is 75.9 cm³/mol. The van der Waals surface area contributed by atoms with E-state index in [0.29, 0.717) is 6.54 Å². The third-order valence-electron chi connectivity index (χ3n) is 4.49. The molecule has 0 heterocycles. The highest BCUT2D eigenvalue weighted by molar-refractivity contribution is 5.83. The van der Waals surface area contributed by atoms with Crippen LogP contribution in [-0.2, 0) is 11.3 Å². The SMILES string of the molecule is Cc1cc(C)c(CNC(=O)C2(CO)CCC2)cc1C. The lowest BCUT2D eigenvalue weighted by molar-refractivity contribution is -0.139. The van der Waals surface area contributed by atoms with Gasteiger partial charge < -0.3 is 10.4 Å². The Hall–Kier alpha value is -1.35. The summed E-state index contributed by atoms with van der Waals surface area (Å²) in [6.07, 6.45) is 2.65. The number of hydrogen-bond donors (Lipinski definition) is 2. The Bertz CT molecular complexity index is 484. The van der Waals surface area contributed by atoms with E-state index in [4.69, 9.17) is 0 Å². The fourth-order valence-corrected chi connectivity index (χ4v) is 2.63. The van der Waals surface area contributed by atoms with Gasteiger partial charge in [0.15, 0.2) is 0 Å². The summed E-state index contributed by atoms with van der Waals surface area (Å²) in [6.45, 7) is 6.76. The Balaban J connectivity index is 2.03. The maximum absolute atomic E-state index is 12.1. The van der Waals surface area contributed by atoms with Crippen molar-refractivity contribution in [3.63, 3.8) is 0 Å². The fraction of sp³-hybridized carbons (Fsp3) is 0.562. The molecule has 2 rings (SSSR count). The van der Waals surface area contributed by atoms with Crippen molar-refractivity contribution in [1.82, 2.24) is 5.32 Å². The van der Waals surface area contributed by atoms with E-state index in [0.717, 1.165) is 24.8 Å². The Morgan fingerprint density at radius 2 is 1.84 bits per heavy atom. The van der Waals surface area contributed by atoms with Crippen LogP contribution in [-0.4, -0.2) is 17.6 Å². The van der Waals surface area contributed by atoms with Gasteiger partial charge >= 0.3 is 0 Å². The summed E-state index contributed by atoms with van der Waals surface area (Å²) in [5.41, 5.74) is 4.38. The number of aryl methyl sites for hydroxylation is 3. The van der Waals surface area contributed by atoms with Gasteiger partial charge in [0.25, 0.3) is 0 Å². The average Bonchev–Trinajstić information content (AvgIpc) is 2.31. The standard InChI is InChI=1S/C16H23NO2/c1-11-7-13(3)14(8-12(11)2)9-17-15(19)16(10-18)5-4-6-16/h7-8,18H,4-6,9-10H2,1-3H3,(H,17,19). The molecule has 0 aliphatic heterocycles. The summed E-state index contributed by atoms with van der Waals surface area (Å²) in [5.74, 6) is -0.00104. The summed E-state index contributed by atoms with van der Waals surface area (Å²) < 4.78 is 0. The van der Waals surface area contributed by atoms with Crippen LogP contribution in [0.4, 0.5) is 0 Å². The molecule has 1 aliphatic carbocycles. The lowest BCUT2D eigenvalue weighted by atomic mass is 9.68. The summed E-state index contributed by atoms with van der Waals surface area (Å²) in [5, 5.41) is 12.4. The van der Waals surface area contributed by atoms with Crippen LogP contribution in [0.5, 0.6) is 0 Å². The van der Waals surface area contributed by atoms with Crippen LogP contribution in [0, 0.1) is 26.2 Å². The molecule has 1 amide bonds. The lowest BCUT2D eigenvalue weighted by Gasteiger charge is -2.38. The van der Waals surface area contributed by atoms with Gasteiger partial charge in [-0.3, -0.25) is 4.79 Å². The largest absolute Gasteiger partial charge is 0.395 e. The van der Waals surface area contributed by atoms with Crippen molar-refractivity contribution in [2.45, 2.75) is 46.6 Å². The average molecular weight is 261 g/mol. The van der Waals surface area contributed by atoms with Crippen molar-refractivity contribution in [3.8, 4) is 0 Å². The van der Waals surface area contributed by atoms with Gasteiger partial charge in [0.1, 0.15) is 0 Å². The number of benzene rings is 1. The molecule has 0 bridgehead atoms. The van der Waals surface area contributed by atoms with E-state index < -0.39 is 5.41 Å². The summed E-state index contributed by atoms with van der Waals surface area (Å²) >= 11 is 0. The smallest absolute Gasteiger partial charge is 0.228 e. The first-order valence-corrected chi connectivity index (χ1v) is 6.94. The molecule has 1 saturated carbocycles. The van der Waals surface area contributed by atoms with Crippen LogP contribution in [0.2, 0.25) is 0 Å². The van der Waals surface area contributed by atoms with Gasteiger partial charge in [-0.15, -0.1) is 0 Å². The Morgan fingerprint density at radius 1 is 1.21 bits per heavy atom. The molecule has 0 aromatic heterocycles. The van der Waals surface area contributed by atoms with Crippen LogP contribution >= 0.6 is 0 Å². The van der Waals surface area contributed by atoms with E-state index >= 15 is 0 Å². The second kappa shape index (κ2) is 5.33. The van der Waals surface area contributed by atoms with E-state index in [1.165, 1.54) is 16.7 Å². The highest BCUT2D eigenvalue weighted by Gasteiger charge is 2.43. The molecule has 1 fully saturated rings. The number of aliphatic hydroxyl groups is 1. The monoisotopic (exact) mass is 261 g/mol. The number of carbonyl (C=O) groups excluding carboxylic acids is 1. The molecule has 1 aromatic carbocycles. The van der Waals surface area contributed by atoms with Crippen molar-refractivity contribution in [3.05, 3.63) is 34.4 Å². The topological polar surface area (TPSA) is 49.3 Å². The quantitative estimate of drug-likeness (QED) is 0.874. The number of aliphatic hydroxyl groups excluding tert-OH is 1. The molecule has 0 saturated heterocycles. The molecule has 0 radical (unpaired) electrons. The zero-order valence-electron chi connectivity index (χ0n) is 12.0. The number of hydrogen-bond acceptors (Lipinski definition) is 2. The van der Waals surface area contributed by atoms with Crippen LogP contribution < -0.4 is 5.32 Å². The molecule has 0 unspecified atom stereocenters. The predicted octanol–water partition coefficient (Wildman–Crippen LogP) is 2.39. The fourth-order valence-electron chi connectivity index (χ4n) is 2.63. The number of nitrogens with one attached hydrogen (secondary N) is 1. The highest BCUT2D eigenvalue weighted by Crippen LogP contribution is 2.40. The molecular weight excluding hydrogens is 238 g/mol. The number of carbonyl (C=O) groups is 1. The lowest BCUT2D eigenvalue weighted by Crippen LogP contribution is -2.47. The molecular formula is C16H23NO2. The van der Waals surface area contributed by atoms with Crippen molar-refractivity contribution in [2.75, 3.05) is 6.61 Å². The minimum Gasteiger partial charge on any atom is -0.395 e. The van der Waals surface area contributed by atoms with Gasteiger partial charge in [0, 0.05) is 6.54 Å². The second-order valence-electron chi connectivity index (χ2n) is 5.84. The molecule has 1 aliphatic rings. The normalized spacial score (nSPS) is 16.8. The first kappa shape index (κ1) is 14.1. The minimum atomic E-state index is -0.506. The maximum atomic E-state index is 12.1. The summed E-state index contributed by atoms with van der Waals surface area (Å²) in [6, 6.07) is 4.29. The van der Waals surface area contributed by atoms with Gasteiger partial charge in [-0.2, -0.15) is 0 Å². The molecule has 104 valence electrons. The van der Waals surface area contributed by atoms with E-state index in [1.54, 1.807) is 0 Å². The zero-order valence-corrected chi connectivity index (χ0v) is 12.0. The van der Waals surface area contributed by atoms with Gasteiger partial charge in [0.2, 0.25) is 5.91 Å². The van der Waals surface area contributed by atoms with E-state index in [9.17, 15) is 9.90 Å². The molecule has 1 aromatic rings. The summed E-state index contributed by atoms with van der Waals surface area (Å²) in [7, 11) is 0. The van der Waals surface area contributed by atoms with E-state index in [1.807, 2.05) is 0 Å². The molecule has 0 atom stereocenters. The van der Waals surface area contributed by atoms with Gasteiger partial charge in [-0.1, -0.05) is 18.6 Å². The van der Waals surface area contributed by atoms with Crippen molar-refractivity contribution < 1.29 is 9.90 Å². The van der Waals surface area contributed by atoms with Gasteiger partial charge in [-0.05, 0) is 55.9 Å².